The molecule has 13 heteroatoms. The Labute approximate surface area is 263 Å². The molecule has 0 atom stereocenters. The zero-order valence-corrected chi connectivity index (χ0v) is 25.8. The number of esters is 1. The molecule has 0 spiro atoms. The number of benzene rings is 3. The predicted molar refractivity (Wildman–Crippen MR) is 165 cm³/mol. The van der Waals surface area contributed by atoms with E-state index in [1.807, 2.05) is 6.07 Å². The maximum absolute atomic E-state index is 13.0. The molecular weight excluding hydrogens is 697 g/mol. The molecule has 0 aliphatic carbocycles. The number of methoxy groups -OCH3 is 2. The lowest BCUT2D eigenvalue weighted by Crippen LogP contribution is -2.36. The molecule has 1 fully saturated rings. The Hall–Kier alpha value is -4.06. The number of ether oxygens (including phenoxy) is 3. The van der Waals surface area contributed by atoms with Crippen LogP contribution < -0.4 is 14.8 Å². The van der Waals surface area contributed by atoms with Crippen molar-refractivity contribution in [1.82, 2.24) is 4.90 Å². The van der Waals surface area contributed by atoms with Gasteiger partial charge in [0.15, 0.2) is 11.5 Å². The number of hydrogen-bond donors (Lipinski definition) is 1. The highest BCUT2D eigenvalue weighted by Crippen LogP contribution is 2.38. The van der Waals surface area contributed by atoms with Crippen molar-refractivity contribution < 1.29 is 33.4 Å². The summed E-state index contributed by atoms with van der Waals surface area (Å²) in [6.45, 7) is -0.383. The summed E-state index contributed by atoms with van der Waals surface area (Å²) < 4.78 is 16.8. The number of nitrogens with zero attached hydrogens (tertiary/aromatic N) is 2. The largest absolute Gasteiger partial charge is 0.493 e. The van der Waals surface area contributed by atoms with Crippen LogP contribution in [0.1, 0.15) is 27.0 Å². The smallest absolute Gasteiger partial charge is 0.339 e. The van der Waals surface area contributed by atoms with E-state index in [0.717, 1.165) is 10.5 Å². The van der Waals surface area contributed by atoms with Crippen LogP contribution in [-0.4, -0.2) is 48.7 Å². The van der Waals surface area contributed by atoms with Crippen LogP contribution in [-0.2, 0) is 20.9 Å². The Morgan fingerprint density at radius 3 is 2.62 bits per heavy atom. The standard InChI is InChI=1S/C29H21ClIN3O7S/c1-39-23-10-16(9-22(31)26(23)41-15-18-6-4-3-5-17(18)13-32)11-24-27(36)34(29(38)42-24)14-25(35)33-19-7-8-21(30)20(12-19)28(37)40-2/h3-12H,14-15H2,1-2H3,(H,33,35)/b24-11+. The number of nitrogens with one attached hydrogen (secondary N) is 1. The molecule has 42 heavy (non-hydrogen) atoms. The van der Waals surface area contributed by atoms with Gasteiger partial charge in [0.2, 0.25) is 5.91 Å². The normalized spacial score (nSPS) is 13.6. The Bertz CT molecular complexity index is 1670. The van der Waals surface area contributed by atoms with Gasteiger partial charge in [-0.1, -0.05) is 29.8 Å². The highest BCUT2D eigenvalue weighted by Gasteiger charge is 2.36. The number of hydrogen-bond acceptors (Lipinski definition) is 9. The van der Waals surface area contributed by atoms with Gasteiger partial charge in [0.25, 0.3) is 11.1 Å². The van der Waals surface area contributed by atoms with E-state index in [0.29, 0.717) is 38.0 Å². The fourth-order valence-corrected chi connectivity index (χ4v) is 5.68. The van der Waals surface area contributed by atoms with Crippen LogP contribution in [0.25, 0.3) is 6.08 Å². The van der Waals surface area contributed by atoms with E-state index in [-0.39, 0.29) is 27.8 Å². The molecule has 1 heterocycles. The lowest BCUT2D eigenvalue weighted by atomic mass is 10.1. The Balaban J connectivity index is 1.47. The third kappa shape index (κ3) is 7.04. The molecule has 0 bridgehead atoms. The number of anilines is 1. The van der Waals surface area contributed by atoms with Crippen molar-refractivity contribution >= 4 is 80.7 Å². The number of nitriles is 1. The van der Waals surface area contributed by atoms with Crippen molar-refractivity contribution in [2.24, 2.45) is 0 Å². The average Bonchev–Trinajstić information content (AvgIpc) is 3.24. The lowest BCUT2D eigenvalue weighted by Gasteiger charge is -2.14. The van der Waals surface area contributed by atoms with E-state index >= 15 is 0 Å². The number of carbonyl (C=O) groups excluding carboxylic acids is 4. The minimum absolute atomic E-state index is 0.0551. The molecule has 10 nitrogen and oxygen atoms in total. The van der Waals surface area contributed by atoms with Crippen LogP contribution >= 0.6 is 46.0 Å². The average molecular weight is 718 g/mol. The van der Waals surface area contributed by atoms with Crippen LogP contribution in [0.15, 0.2) is 59.5 Å². The molecule has 1 N–H and O–H groups in total. The summed E-state index contributed by atoms with van der Waals surface area (Å²) in [4.78, 5) is 51.1. The van der Waals surface area contributed by atoms with Gasteiger partial charge in [0.05, 0.1) is 44.9 Å². The van der Waals surface area contributed by atoms with Gasteiger partial charge < -0.3 is 19.5 Å². The molecular formula is C29H21ClIN3O7S. The van der Waals surface area contributed by atoms with Crippen LogP contribution in [0, 0.1) is 14.9 Å². The van der Waals surface area contributed by atoms with Gasteiger partial charge in [0.1, 0.15) is 13.2 Å². The summed E-state index contributed by atoms with van der Waals surface area (Å²) in [5, 5.41) is 11.4. The number of imide groups is 1. The number of carbonyl (C=O) groups is 4. The second-order valence-corrected chi connectivity index (χ2v) is 11.2. The van der Waals surface area contributed by atoms with Gasteiger partial charge in [-0.25, -0.2) is 4.79 Å². The maximum Gasteiger partial charge on any atom is 0.339 e. The highest BCUT2D eigenvalue weighted by molar-refractivity contribution is 14.1. The molecule has 214 valence electrons. The summed E-state index contributed by atoms with van der Waals surface area (Å²) in [5.41, 5.74) is 2.10. The second-order valence-electron chi connectivity index (χ2n) is 8.59. The van der Waals surface area contributed by atoms with Crippen molar-refractivity contribution in [2.45, 2.75) is 6.61 Å². The quantitative estimate of drug-likeness (QED) is 0.164. The molecule has 0 aromatic heterocycles. The molecule has 1 saturated heterocycles. The predicted octanol–water partition coefficient (Wildman–Crippen LogP) is 5.87. The monoisotopic (exact) mass is 717 g/mol. The highest BCUT2D eigenvalue weighted by atomic mass is 127. The number of amides is 3. The van der Waals surface area contributed by atoms with E-state index < -0.39 is 29.6 Å². The molecule has 4 rings (SSSR count). The van der Waals surface area contributed by atoms with Gasteiger partial charge in [-0.3, -0.25) is 19.3 Å². The Morgan fingerprint density at radius 1 is 1.14 bits per heavy atom. The SMILES string of the molecule is COC(=O)c1cc(NC(=O)CN2C(=O)S/C(=C/c3cc(I)c(OCc4ccccc4C#N)c(OC)c3)C2=O)ccc1Cl. The van der Waals surface area contributed by atoms with Gasteiger partial charge in [0, 0.05) is 11.3 Å². The fourth-order valence-electron chi connectivity index (χ4n) is 3.87. The zero-order valence-electron chi connectivity index (χ0n) is 22.1. The van der Waals surface area contributed by atoms with E-state index in [4.69, 9.17) is 21.1 Å². The van der Waals surface area contributed by atoms with Crippen molar-refractivity contribution in [3.63, 3.8) is 0 Å². The lowest BCUT2D eigenvalue weighted by molar-refractivity contribution is -0.127. The van der Waals surface area contributed by atoms with Gasteiger partial charge in [-0.2, -0.15) is 5.26 Å². The summed E-state index contributed by atoms with van der Waals surface area (Å²) in [5.74, 6) is -1.09. The van der Waals surface area contributed by atoms with Crippen LogP contribution in [0.4, 0.5) is 10.5 Å². The van der Waals surface area contributed by atoms with Crippen molar-refractivity contribution in [1.29, 1.82) is 5.26 Å². The molecule has 3 aromatic rings. The van der Waals surface area contributed by atoms with Crippen LogP contribution in [0.2, 0.25) is 5.02 Å². The fraction of sp³-hybridized carbons (Fsp3) is 0.138. The van der Waals surface area contributed by atoms with Crippen molar-refractivity contribution in [3.8, 4) is 17.6 Å². The summed E-state index contributed by atoms with van der Waals surface area (Å²) in [7, 11) is 2.68. The third-order valence-electron chi connectivity index (χ3n) is 5.89. The number of halogens is 2. The third-order valence-corrected chi connectivity index (χ3v) is 7.93. The van der Waals surface area contributed by atoms with Crippen LogP contribution in [0.5, 0.6) is 11.5 Å². The zero-order chi connectivity index (χ0) is 30.4. The van der Waals surface area contributed by atoms with Crippen LogP contribution in [0.3, 0.4) is 0 Å². The van der Waals surface area contributed by atoms with E-state index in [2.05, 4.69) is 38.7 Å². The van der Waals surface area contributed by atoms with Gasteiger partial charge in [-0.05, 0) is 82.4 Å². The minimum Gasteiger partial charge on any atom is -0.493 e. The van der Waals surface area contributed by atoms with E-state index in [1.54, 1.807) is 30.3 Å². The van der Waals surface area contributed by atoms with Gasteiger partial charge >= 0.3 is 5.97 Å². The summed E-state index contributed by atoms with van der Waals surface area (Å²) >= 11 is 8.79. The molecule has 1 aliphatic rings. The first-order valence-corrected chi connectivity index (χ1v) is 14.3. The van der Waals surface area contributed by atoms with E-state index in [9.17, 15) is 24.4 Å². The number of rotatable bonds is 9. The molecule has 1 aliphatic heterocycles. The first kappa shape index (κ1) is 30.9. The summed E-state index contributed by atoms with van der Waals surface area (Å²) in [6.07, 6.45) is 1.53. The van der Waals surface area contributed by atoms with E-state index in [1.165, 1.54) is 38.5 Å². The van der Waals surface area contributed by atoms with Crippen molar-refractivity contribution in [3.05, 3.63) is 90.3 Å². The Morgan fingerprint density at radius 2 is 1.90 bits per heavy atom. The molecule has 3 amide bonds. The maximum atomic E-state index is 13.0. The summed E-state index contributed by atoms with van der Waals surface area (Å²) in [6, 6.07) is 16.9. The first-order valence-electron chi connectivity index (χ1n) is 12.1. The topological polar surface area (TPSA) is 135 Å². The van der Waals surface area contributed by atoms with Gasteiger partial charge in [-0.15, -0.1) is 0 Å². The van der Waals surface area contributed by atoms with Crippen molar-refractivity contribution in [2.75, 3.05) is 26.1 Å². The first-order chi connectivity index (χ1) is 20.1. The number of thioether (sulfide) groups is 1. The molecule has 0 saturated carbocycles. The molecule has 3 aromatic carbocycles. The minimum atomic E-state index is -0.678. The molecule has 0 unspecified atom stereocenters. The molecule has 0 radical (unpaired) electrons. The second kappa shape index (κ2) is 13.7. The Kier molecular flexibility index (Phi) is 10.1.